The Hall–Kier alpha value is -2.06. The molecule has 2 aliphatic rings. The minimum Gasteiger partial charge on any atom is -0.379 e. The van der Waals surface area contributed by atoms with Crippen LogP contribution in [0.15, 0.2) is 36.4 Å². The van der Waals surface area contributed by atoms with Gasteiger partial charge in [0.1, 0.15) is 0 Å². The summed E-state index contributed by atoms with van der Waals surface area (Å²) in [6.45, 7) is 5.04. The average Bonchev–Trinajstić information content (AvgIpc) is 3.20. The van der Waals surface area contributed by atoms with Crippen LogP contribution in [0.5, 0.6) is 0 Å². The van der Waals surface area contributed by atoms with Crippen LogP contribution >= 0.6 is 11.3 Å². The molecule has 0 unspecified atom stereocenters. The van der Waals surface area contributed by atoms with E-state index in [-0.39, 0.29) is 12.2 Å². The molecule has 6 nitrogen and oxygen atoms in total. The van der Waals surface area contributed by atoms with E-state index >= 15 is 0 Å². The zero-order valence-electron chi connectivity index (χ0n) is 15.2. The molecule has 1 saturated heterocycles. The van der Waals surface area contributed by atoms with E-state index in [4.69, 9.17) is 4.74 Å². The van der Waals surface area contributed by atoms with Gasteiger partial charge in [-0.2, -0.15) is 0 Å². The summed E-state index contributed by atoms with van der Waals surface area (Å²) in [6, 6.07) is 10.8. The second-order valence-electron chi connectivity index (χ2n) is 6.99. The molecule has 1 atom stereocenters. The maximum atomic E-state index is 13.2. The van der Waals surface area contributed by atoms with E-state index in [0.29, 0.717) is 36.0 Å². The van der Waals surface area contributed by atoms with Gasteiger partial charge in [-0.05, 0) is 25.1 Å². The van der Waals surface area contributed by atoms with Crippen molar-refractivity contribution in [1.82, 2.24) is 4.90 Å². The molecule has 0 radical (unpaired) electrons. The number of ketones is 1. The van der Waals surface area contributed by atoms with Gasteiger partial charge in [-0.3, -0.25) is 19.4 Å². The van der Waals surface area contributed by atoms with Gasteiger partial charge < -0.3 is 9.84 Å². The first-order chi connectivity index (χ1) is 13.0. The van der Waals surface area contributed by atoms with Crippen LogP contribution in [0.4, 0.5) is 5.69 Å². The zero-order valence-corrected chi connectivity index (χ0v) is 16.0. The van der Waals surface area contributed by atoms with Crippen LogP contribution in [-0.2, 0) is 15.1 Å². The molecule has 3 heterocycles. The standard InChI is InChI=1S/C20H22N2O4S/c1-14-6-7-18(27-14)17(23)12-20(25)15-4-2-3-5-16(15)22(19(20)24)13-21-8-10-26-11-9-21/h2-7,25H,8-13H2,1H3/t20-/m1/s1. The SMILES string of the molecule is Cc1ccc(C(=O)C[C@]2(O)C(=O)N(CN3CCOCC3)c3ccccc32)s1. The lowest BCUT2D eigenvalue weighted by atomic mass is 9.89. The summed E-state index contributed by atoms with van der Waals surface area (Å²) in [5.74, 6) is -0.649. The van der Waals surface area contributed by atoms with Gasteiger partial charge in [0.2, 0.25) is 0 Å². The van der Waals surface area contributed by atoms with Crippen molar-refractivity contribution in [2.45, 2.75) is 18.9 Å². The second-order valence-corrected chi connectivity index (χ2v) is 8.28. The maximum Gasteiger partial charge on any atom is 0.265 e. The van der Waals surface area contributed by atoms with Crippen molar-refractivity contribution in [2.24, 2.45) is 0 Å². The van der Waals surface area contributed by atoms with Crippen LogP contribution < -0.4 is 4.90 Å². The number of aliphatic hydroxyl groups is 1. The normalized spacial score (nSPS) is 22.9. The summed E-state index contributed by atoms with van der Waals surface area (Å²) < 4.78 is 5.37. The lowest BCUT2D eigenvalue weighted by Gasteiger charge is -2.31. The summed E-state index contributed by atoms with van der Waals surface area (Å²) in [6.07, 6.45) is -0.248. The van der Waals surface area contributed by atoms with E-state index in [1.165, 1.54) is 11.3 Å². The number of rotatable bonds is 5. The molecular formula is C20H22N2O4S. The lowest BCUT2D eigenvalue weighted by molar-refractivity contribution is -0.136. The number of benzene rings is 1. The van der Waals surface area contributed by atoms with Gasteiger partial charge in [-0.25, -0.2) is 0 Å². The molecular weight excluding hydrogens is 364 g/mol. The van der Waals surface area contributed by atoms with Crippen LogP contribution in [0.2, 0.25) is 0 Å². The zero-order chi connectivity index (χ0) is 19.0. The minimum absolute atomic E-state index is 0.216. The number of ether oxygens (including phenoxy) is 1. The van der Waals surface area contributed by atoms with Gasteiger partial charge in [0, 0.05) is 23.5 Å². The van der Waals surface area contributed by atoms with Crippen LogP contribution in [0.25, 0.3) is 0 Å². The smallest absolute Gasteiger partial charge is 0.265 e. The Kier molecular flexibility index (Phi) is 4.86. The third kappa shape index (κ3) is 3.32. The maximum absolute atomic E-state index is 13.2. The van der Waals surface area contributed by atoms with Crippen molar-refractivity contribution in [2.75, 3.05) is 37.9 Å². The van der Waals surface area contributed by atoms with Crippen LogP contribution in [-0.4, -0.2) is 54.7 Å². The van der Waals surface area contributed by atoms with Crippen LogP contribution in [0, 0.1) is 6.92 Å². The number of carbonyl (C=O) groups is 2. The first-order valence-corrected chi connectivity index (χ1v) is 9.84. The molecule has 7 heteroatoms. The summed E-state index contributed by atoms with van der Waals surface area (Å²) in [5, 5.41) is 11.3. The van der Waals surface area contributed by atoms with Crippen LogP contribution in [0.1, 0.15) is 26.5 Å². The molecule has 1 amide bonds. The fraction of sp³-hybridized carbons (Fsp3) is 0.400. The number of thiophene rings is 1. The third-order valence-electron chi connectivity index (χ3n) is 5.12. The molecule has 0 aliphatic carbocycles. The molecule has 1 aromatic heterocycles. The topological polar surface area (TPSA) is 70.1 Å². The molecule has 142 valence electrons. The number of Topliss-reactive ketones (excluding diaryl/α,β-unsaturated/α-hetero) is 1. The van der Waals surface area contributed by atoms with Crippen molar-refractivity contribution in [3.63, 3.8) is 0 Å². The van der Waals surface area contributed by atoms with Gasteiger partial charge in [0.15, 0.2) is 11.4 Å². The van der Waals surface area contributed by atoms with Gasteiger partial charge in [-0.15, -0.1) is 11.3 Å². The quantitative estimate of drug-likeness (QED) is 0.798. The van der Waals surface area contributed by atoms with Gasteiger partial charge >= 0.3 is 0 Å². The van der Waals surface area contributed by atoms with E-state index in [1.807, 2.05) is 25.1 Å². The van der Waals surface area contributed by atoms with E-state index in [2.05, 4.69) is 4.90 Å². The van der Waals surface area contributed by atoms with Gasteiger partial charge in [-0.1, -0.05) is 18.2 Å². The van der Waals surface area contributed by atoms with Crippen molar-refractivity contribution < 1.29 is 19.4 Å². The first kappa shape index (κ1) is 18.3. The highest BCUT2D eigenvalue weighted by Crippen LogP contribution is 2.43. The number of aryl methyl sites for hydroxylation is 1. The lowest BCUT2D eigenvalue weighted by Crippen LogP contribution is -2.49. The molecule has 2 aliphatic heterocycles. The number of hydrogen-bond acceptors (Lipinski definition) is 6. The highest BCUT2D eigenvalue weighted by molar-refractivity contribution is 7.14. The molecule has 27 heavy (non-hydrogen) atoms. The average molecular weight is 386 g/mol. The summed E-state index contributed by atoms with van der Waals surface area (Å²) in [5.41, 5.74) is -0.644. The van der Waals surface area contributed by atoms with Crippen molar-refractivity contribution >= 4 is 28.7 Å². The summed E-state index contributed by atoms with van der Waals surface area (Å²) in [7, 11) is 0. The Morgan fingerprint density at radius 2 is 1.96 bits per heavy atom. The number of fused-ring (bicyclic) bond motifs is 1. The van der Waals surface area contributed by atoms with E-state index < -0.39 is 11.5 Å². The number of anilines is 1. The Morgan fingerprint density at radius 1 is 1.22 bits per heavy atom. The largest absolute Gasteiger partial charge is 0.379 e. The Balaban J connectivity index is 1.62. The monoisotopic (exact) mass is 386 g/mol. The molecule has 0 bridgehead atoms. The van der Waals surface area contributed by atoms with E-state index in [1.54, 1.807) is 23.1 Å². The van der Waals surface area contributed by atoms with Crippen molar-refractivity contribution in [1.29, 1.82) is 0 Å². The molecule has 4 rings (SSSR count). The molecule has 1 aromatic carbocycles. The fourth-order valence-corrected chi connectivity index (χ4v) is 4.47. The Morgan fingerprint density at radius 3 is 2.67 bits per heavy atom. The number of morpholine rings is 1. The van der Waals surface area contributed by atoms with Gasteiger partial charge in [0.05, 0.1) is 36.9 Å². The Bertz CT molecular complexity index is 874. The Labute approximate surface area is 162 Å². The first-order valence-electron chi connectivity index (χ1n) is 9.02. The van der Waals surface area contributed by atoms with Crippen molar-refractivity contribution in [3.8, 4) is 0 Å². The van der Waals surface area contributed by atoms with Gasteiger partial charge in [0.25, 0.3) is 5.91 Å². The predicted molar refractivity (Wildman–Crippen MR) is 103 cm³/mol. The molecule has 0 saturated carbocycles. The second kappa shape index (κ2) is 7.16. The third-order valence-corrected chi connectivity index (χ3v) is 6.16. The van der Waals surface area contributed by atoms with Crippen LogP contribution in [0.3, 0.4) is 0 Å². The van der Waals surface area contributed by atoms with Crippen molar-refractivity contribution in [3.05, 3.63) is 51.7 Å². The fourth-order valence-electron chi connectivity index (χ4n) is 3.66. The number of carbonyl (C=O) groups excluding carboxylic acids is 2. The number of amides is 1. The summed E-state index contributed by atoms with van der Waals surface area (Å²) in [4.78, 5) is 31.2. The molecule has 1 fully saturated rings. The molecule has 0 spiro atoms. The number of nitrogens with zero attached hydrogens (tertiary/aromatic N) is 2. The number of para-hydroxylation sites is 1. The highest BCUT2D eigenvalue weighted by Gasteiger charge is 2.51. The number of hydrogen-bond donors (Lipinski definition) is 1. The molecule has 1 N–H and O–H groups in total. The highest BCUT2D eigenvalue weighted by atomic mass is 32.1. The predicted octanol–water partition coefficient (Wildman–Crippen LogP) is 2.15. The van der Waals surface area contributed by atoms with E-state index in [9.17, 15) is 14.7 Å². The molecule has 2 aromatic rings. The summed E-state index contributed by atoms with van der Waals surface area (Å²) >= 11 is 1.38. The minimum atomic E-state index is -1.82. The van der Waals surface area contributed by atoms with E-state index in [0.717, 1.165) is 18.0 Å².